The lowest BCUT2D eigenvalue weighted by Crippen LogP contribution is -2.38. The van der Waals surface area contributed by atoms with Crippen LogP contribution < -0.4 is 9.47 Å². The van der Waals surface area contributed by atoms with Gasteiger partial charge in [-0.3, -0.25) is 4.90 Å². The first-order valence-electron chi connectivity index (χ1n) is 11.1. The molecule has 1 aliphatic heterocycles. The summed E-state index contributed by atoms with van der Waals surface area (Å²) in [5, 5.41) is 10.5. The number of nitrogens with zero attached hydrogens (tertiary/aromatic N) is 1. The number of ether oxygens (including phenoxy) is 2. The number of β-amino-alcohol motifs (C(OH)–C–C–N with tert-alkyl or cyclic N) is 1. The third kappa shape index (κ3) is 5.67. The van der Waals surface area contributed by atoms with Crippen molar-refractivity contribution in [2.45, 2.75) is 39.0 Å². The summed E-state index contributed by atoms with van der Waals surface area (Å²) < 4.78 is 26.0. The normalized spacial score (nSPS) is 14.8. The van der Waals surface area contributed by atoms with E-state index in [1.165, 1.54) is 17.2 Å². The summed E-state index contributed by atoms with van der Waals surface area (Å²) in [6.45, 7) is 6.38. The maximum absolute atomic E-state index is 14.5. The third-order valence-corrected chi connectivity index (χ3v) is 5.58. The lowest BCUT2D eigenvalue weighted by atomic mass is 10.00. The molecule has 32 heavy (non-hydrogen) atoms. The molecule has 0 aromatic heterocycles. The fraction of sp³-hybridized carbons (Fsp3) is 0.333. The van der Waals surface area contributed by atoms with Crippen LogP contribution in [0.1, 0.15) is 25.0 Å². The van der Waals surface area contributed by atoms with Crippen LogP contribution in [0, 0.1) is 5.82 Å². The van der Waals surface area contributed by atoms with Crippen molar-refractivity contribution in [3.8, 4) is 22.6 Å². The van der Waals surface area contributed by atoms with Gasteiger partial charge in [-0.1, -0.05) is 36.4 Å². The number of aliphatic hydroxyl groups is 1. The maximum atomic E-state index is 14.5. The van der Waals surface area contributed by atoms with Gasteiger partial charge < -0.3 is 14.6 Å². The average molecular weight is 436 g/mol. The minimum Gasteiger partial charge on any atom is -0.491 e. The molecule has 0 saturated heterocycles. The molecule has 3 aromatic rings. The number of hydrogen-bond acceptors (Lipinski definition) is 4. The highest BCUT2D eigenvalue weighted by Gasteiger charge is 2.19. The Bertz CT molecular complexity index is 1050. The highest BCUT2D eigenvalue weighted by Crippen LogP contribution is 2.30. The second-order valence-electron chi connectivity index (χ2n) is 8.55. The molecule has 5 heteroatoms. The SMILES string of the molecule is CC(C)Oc1ccc(F)c(-c2cccc(OCC(O)CN3CCc4ccccc4C3)c2)c1. The summed E-state index contributed by atoms with van der Waals surface area (Å²) in [6, 6.07) is 20.5. The predicted molar refractivity (Wildman–Crippen MR) is 125 cm³/mol. The smallest absolute Gasteiger partial charge is 0.131 e. The molecule has 1 aliphatic rings. The molecule has 4 nitrogen and oxygen atoms in total. The highest BCUT2D eigenvalue weighted by atomic mass is 19.1. The Morgan fingerprint density at radius 2 is 1.78 bits per heavy atom. The molecular weight excluding hydrogens is 405 g/mol. The topological polar surface area (TPSA) is 41.9 Å². The standard InChI is InChI=1S/C27H30FNO3/c1-19(2)32-25-10-11-27(28)26(15-25)21-8-5-9-24(14-21)31-18-23(30)17-29-13-12-20-6-3-4-7-22(20)16-29/h3-11,14-15,19,23,30H,12-13,16-18H2,1-2H3. The second kappa shape index (κ2) is 10.2. The molecule has 0 bridgehead atoms. The van der Waals surface area contributed by atoms with Gasteiger partial charge in [-0.15, -0.1) is 0 Å². The number of halogens is 1. The van der Waals surface area contributed by atoms with Crippen LogP contribution in [0.2, 0.25) is 0 Å². The summed E-state index contributed by atoms with van der Waals surface area (Å²) >= 11 is 0. The first-order valence-corrected chi connectivity index (χ1v) is 11.1. The Labute approximate surface area is 189 Å². The van der Waals surface area contributed by atoms with Crippen LogP contribution in [-0.4, -0.2) is 41.9 Å². The fourth-order valence-corrected chi connectivity index (χ4v) is 4.08. The maximum Gasteiger partial charge on any atom is 0.131 e. The van der Waals surface area contributed by atoms with E-state index in [0.29, 0.717) is 29.2 Å². The molecule has 4 rings (SSSR count). The van der Waals surface area contributed by atoms with Crippen molar-refractivity contribution in [3.63, 3.8) is 0 Å². The molecular formula is C27H30FNO3. The van der Waals surface area contributed by atoms with Crippen LogP contribution in [0.3, 0.4) is 0 Å². The van der Waals surface area contributed by atoms with E-state index in [2.05, 4.69) is 29.2 Å². The summed E-state index contributed by atoms with van der Waals surface area (Å²) in [5.41, 5.74) is 3.88. The zero-order valence-electron chi connectivity index (χ0n) is 18.6. The van der Waals surface area contributed by atoms with E-state index in [1.807, 2.05) is 32.0 Å². The molecule has 0 amide bonds. The molecule has 0 aliphatic carbocycles. The van der Waals surface area contributed by atoms with Gasteiger partial charge in [0, 0.05) is 25.2 Å². The minimum absolute atomic E-state index is 0.0119. The number of rotatable bonds is 8. The van der Waals surface area contributed by atoms with E-state index < -0.39 is 6.10 Å². The van der Waals surface area contributed by atoms with Crippen LogP contribution in [0.25, 0.3) is 11.1 Å². The summed E-state index contributed by atoms with van der Waals surface area (Å²) in [5.74, 6) is 0.907. The van der Waals surface area contributed by atoms with Crippen LogP contribution in [-0.2, 0) is 13.0 Å². The first kappa shape index (κ1) is 22.3. The van der Waals surface area contributed by atoms with Gasteiger partial charge in [-0.05, 0) is 67.3 Å². The van der Waals surface area contributed by atoms with Crippen LogP contribution in [0.5, 0.6) is 11.5 Å². The minimum atomic E-state index is -0.608. The summed E-state index contributed by atoms with van der Waals surface area (Å²) in [7, 11) is 0. The Balaban J connectivity index is 1.36. The van der Waals surface area contributed by atoms with Crippen molar-refractivity contribution in [3.05, 3.63) is 83.7 Å². The van der Waals surface area contributed by atoms with Gasteiger partial charge in [0.2, 0.25) is 0 Å². The molecule has 1 N–H and O–H groups in total. The molecule has 0 fully saturated rings. The molecule has 168 valence electrons. The van der Waals surface area contributed by atoms with Crippen LogP contribution >= 0.6 is 0 Å². The van der Waals surface area contributed by atoms with Crippen molar-refractivity contribution in [2.24, 2.45) is 0 Å². The van der Waals surface area contributed by atoms with E-state index >= 15 is 0 Å². The van der Waals surface area contributed by atoms with Crippen molar-refractivity contribution < 1.29 is 19.0 Å². The first-order chi connectivity index (χ1) is 15.5. The Morgan fingerprint density at radius 3 is 2.59 bits per heavy atom. The molecule has 0 radical (unpaired) electrons. The molecule has 0 spiro atoms. The van der Waals surface area contributed by atoms with Gasteiger partial charge in [-0.25, -0.2) is 4.39 Å². The van der Waals surface area contributed by atoms with Crippen molar-refractivity contribution in [1.82, 2.24) is 4.90 Å². The zero-order valence-corrected chi connectivity index (χ0v) is 18.6. The summed E-state index contributed by atoms with van der Waals surface area (Å²) in [6.07, 6.45) is 0.401. The van der Waals surface area contributed by atoms with E-state index in [0.717, 1.165) is 19.5 Å². The number of hydrogen-bond donors (Lipinski definition) is 1. The second-order valence-corrected chi connectivity index (χ2v) is 8.55. The third-order valence-electron chi connectivity index (χ3n) is 5.58. The molecule has 1 heterocycles. The summed E-state index contributed by atoms with van der Waals surface area (Å²) in [4.78, 5) is 2.25. The Morgan fingerprint density at radius 1 is 0.969 bits per heavy atom. The van der Waals surface area contributed by atoms with Gasteiger partial charge in [-0.2, -0.15) is 0 Å². The lowest BCUT2D eigenvalue weighted by molar-refractivity contribution is 0.0638. The Kier molecular flexibility index (Phi) is 7.08. The molecule has 0 saturated carbocycles. The predicted octanol–water partition coefficient (Wildman–Crippen LogP) is 5.08. The molecule has 3 aromatic carbocycles. The van der Waals surface area contributed by atoms with E-state index in [-0.39, 0.29) is 18.5 Å². The van der Waals surface area contributed by atoms with Crippen molar-refractivity contribution in [2.75, 3.05) is 19.7 Å². The fourth-order valence-electron chi connectivity index (χ4n) is 4.08. The largest absolute Gasteiger partial charge is 0.491 e. The Hall–Kier alpha value is -2.89. The quantitative estimate of drug-likeness (QED) is 0.536. The van der Waals surface area contributed by atoms with E-state index in [4.69, 9.17) is 9.47 Å². The van der Waals surface area contributed by atoms with Crippen LogP contribution in [0.4, 0.5) is 4.39 Å². The zero-order chi connectivity index (χ0) is 22.5. The van der Waals surface area contributed by atoms with Gasteiger partial charge in [0.25, 0.3) is 0 Å². The monoisotopic (exact) mass is 435 g/mol. The van der Waals surface area contributed by atoms with Gasteiger partial charge in [0.1, 0.15) is 30.0 Å². The van der Waals surface area contributed by atoms with Gasteiger partial charge in [0.15, 0.2) is 0 Å². The van der Waals surface area contributed by atoms with Crippen molar-refractivity contribution >= 4 is 0 Å². The number of aliphatic hydroxyl groups excluding tert-OH is 1. The number of benzene rings is 3. The van der Waals surface area contributed by atoms with E-state index in [9.17, 15) is 9.50 Å². The average Bonchev–Trinajstić information content (AvgIpc) is 2.79. The van der Waals surface area contributed by atoms with E-state index in [1.54, 1.807) is 18.2 Å². The highest BCUT2D eigenvalue weighted by molar-refractivity contribution is 5.67. The van der Waals surface area contributed by atoms with Crippen LogP contribution in [0.15, 0.2) is 66.7 Å². The van der Waals surface area contributed by atoms with Gasteiger partial charge in [0.05, 0.1) is 6.10 Å². The molecule has 1 unspecified atom stereocenters. The molecule has 1 atom stereocenters. The number of fused-ring (bicyclic) bond motifs is 1. The lowest BCUT2D eigenvalue weighted by Gasteiger charge is -2.30. The van der Waals surface area contributed by atoms with Gasteiger partial charge >= 0.3 is 0 Å². The van der Waals surface area contributed by atoms with Crippen molar-refractivity contribution in [1.29, 1.82) is 0 Å².